The summed E-state index contributed by atoms with van der Waals surface area (Å²) in [5.41, 5.74) is 1.66. The van der Waals surface area contributed by atoms with E-state index in [9.17, 15) is 4.79 Å². The number of halogens is 1. The maximum Gasteiger partial charge on any atom is 0.258 e. The highest BCUT2D eigenvalue weighted by Gasteiger charge is 2.23. The first-order chi connectivity index (χ1) is 12.6. The Hall–Kier alpha value is -2.99. The molecule has 0 spiro atoms. The van der Waals surface area contributed by atoms with Crippen molar-refractivity contribution in [3.8, 4) is 34.5 Å². The quantitative estimate of drug-likeness (QED) is 0.593. The first-order valence-corrected chi connectivity index (χ1v) is 8.28. The van der Waals surface area contributed by atoms with Crippen molar-refractivity contribution in [1.82, 2.24) is 9.97 Å². The van der Waals surface area contributed by atoms with Gasteiger partial charge in [-0.25, -0.2) is 0 Å². The van der Waals surface area contributed by atoms with Crippen molar-refractivity contribution in [3.63, 3.8) is 0 Å². The number of aromatic nitrogens is 2. The van der Waals surface area contributed by atoms with E-state index >= 15 is 0 Å². The molecule has 132 valence electrons. The van der Waals surface area contributed by atoms with Crippen LogP contribution in [-0.4, -0.2) is 24.2 Å². The second kappa shape index (κ2) is 6.38. The summed E-state index contributed by atoms with van der Waals surface area (Å²) >= 11 is 6.03. The van der Waals surface area contributed by atoms with Crippen LogP contribution in [0.2, 0.25) is 5.02 Å². The minimum Gasteiger partial charge on any atom is -0.497 e. The van der Waals surface area contributed by atoms with E-state index in [1.165, 1.54) is 0 Å². The number of hydrogen-bond donors (Lipinski definition) is 1. The first-order valence-electron chi connectivity index (χ1n) is 7.91. The molecular formula is C19H15ClN2O4. The van der Waals surface area contributed by atoms with E-state index in [-0.39, 0.29) is 11.4 Å². The average Bonchev–Trinajstić information content (AvgIpc) is 2.66. The molecule has 1 N–H and O–H groups in total. The minimum absolute atomic E-state index is 0.263. The molecule has 2 aromatic carbocycles. The van der Waals surface area contributed by atoms with Gasteiger partial charge in [0.2, 0.25) is 5.88 Å². The van der Waals surface area contributed by atoms with Crippen LogP contribution in [0, 0.1) is 0 Å². The van der Waals surface area contributed by atoms with Crippen LogP contribution >= 0.6 is 11.6 Å². The highest BCUT2D eigenvalue weighted by atomic mass is 35.5. The molecule has 26 heavy (non-hydrogen) atoms. The fourth-order valence-electron chi connectivity index (χ4n) is 2.92. The lowest BCUT2D eigenvalue weighted by Gasteiger charge is -2.19. The monoisotopic (exact) mass is 370 g/mol. The van der Waals surface area contributed by atoms with E-state index < -0.39 is 0 Å². The highest BCUT2D eigenvalue weighted by molar-refractivity contribution is 6.30. The van der Waals surface area contributed by atoms with Gasteiger partial charge in [0.05, 0.1) is 25.3 Å². The van der Waals surface area contributed by atoms with E-state index in [0.29, 0.717) is 45.6 Å². The zero-order valence-corrected chi connectivity index (χ0v) is 14.9. The van der Waals surface area contributed by atoms with Crippen LogP contribution in [0.4, 0.5) is 0 Å². The fraction of sp³-hybridized carbons (Fsp3) is 0.158. The molecule has 2 heterocycles. The number of nitrogens with one attached hydrogen (secondary N) is 1. The molecule has 6 nitrogen and oxygen atoms in total. The van der Waals surface area contributed by atoms with Gasteiger partial charge in [-0.05, 0) is 36.4 Å². The molecule has 0 aliphatic carbocycles. The summed E-state index contributed by atoms with van der Waals surface area (Å²) in [5, 5.41) is 0.595. The summed E-state index contributed by atoms with van der Waals surface area (Å²) in [5.74, 6) is 2.47. The SMILES string of the molecule is COc1ccc(OC)c(-c2nc3c(c(=O)[nH]2)Cc2cc(Cl)ccc2O3)c1. The lowest BCUT2D eigenvalue weighted by Crippen LogP contribution is -2.20. The lowest BCUT2D eigenvalue weighted by atomic mass is 10.0. The largest absolute Gasteiger partial charge is 0.497 e. The van der Waals surface area contributed by atoms with Crippen LogP contribution in [0.25, 0.3) is 11.4 Å². The van der Waals surface area contributed by atoms with Crippen molar-refractivity contribution in [2.75, 3.05) is 14.2 Å². The third kappa shape index (κ3) is 2.78. The predicted octanol–water partition coefficient (Wildman–Crippen LogP) is 3.80. The van der Waals surface area contributed by atoms with Gasteiger partial charge >= 0.3 is 0 Å². The maximum atomic E-state index is 12.6. The van der Waals surface area contributed by atoms with E-state index in [1.54, 1.807) is 50.6 Å². The molecule has 0 amide bonds. The van der Waals surface area contributed by atoms with Crippen molar-refractivity contribution in [2.24, 2.45) is 0 Å². The van der Waals surface area contributed by atoms with Crippen molar-refractivity contribution in [2.45, 2.75) is 6.42 Å². The first kappa shape index (κ1) is 16.5. The van der Waals surface area contributed by atoms with Crippen LogP contribution in [0.5, 0.6) is 23.1 Å². The van der Waals surface area contributed by atoms with Crippen LogP contribution in [0.15, 0.2) is 41.2 Å². The highest BCUT2D eigenvalue weighted by Crippen LogP contribution is 2.37. The van der Waals surface area contributed by atoms with Gasteiger partial charge in [0.15, 0.2) is 0 Å². The molecule has 0 saturated heterocycles. The molecule has 4 rings (SSSR count). The molecule has 0 radical (unpaired) electrons. The zero-order chi connectivity index (χ0) is 18.3. The van der Waals surface area contributed by atoms with Gasteiger partial charge in [0.1, 0.15) is 23.1 Å². The molecule has 1 aromatic heterocycles. The summed E-state index contributed by atoms with van der Waals surface area (Å²) in [6.45, 7) is 0. The lowest BCUT2D eigenvalue weighted by molar-refractivity contribution is 0.404. The molecule has 3 aromatic rings. The van der Waals surface area contributed by atoms with Gasteiger partial charge < -0.3 is 19.2 Å². The Morgan fingerprint density at radius 1 is 1.15 bits per heavy atom. The number of fused-ring (bicyclic) bond motifs is 2. The summed E-state index contributed by atoms with van der Waals surface area (Å²) in [6, 6.07) is 10.6. The molecule has 0 atom stereocenters. The van der Waals surface area contributed by atoms with Gasteiger partial charge in [-0.3, -0.25) is 4.79 Å². The number of aromatic amines is 1. The molecule has 1 aliphatic heterocycles. The second-order valence-electron chi connectivity index (χ2n) is 5.80. The molecule has 0 bridgehead atoms. The Kier molecular flexibility index (Phi) is 4.05. The standard InChI is InChI=1S/C19H15ClN2O4/c1-24-12-4-6-16(25-2)13(9-12)17-21-18(23)14-8-10-7-11(20)3-5-15(10)26-19(14)22-17/h3-7,9H,8H2,1-2H3,(H,21,22,23). The van der Waals surface area contributed by atoms with E-state index in [4.69, 9.17) is 25.8 Å². The smallest absolute Gasteiger partial charge is 0.258 e. The average molecular weight is 371 g/mol. The Morgan fingerprint density at radius 3 is 2.77 bits per heavy atom. The van der Waals surface area contributed by atoms with E-state index in [2.05, 4.69) is 9.97 Å². The molecule has 0 fully saturated rings. The molecule has 0 unspecified atom stereocenters. The van der Waals surface area contributed by atoms with Crippen LogP contribution in [0.3, 0.4) is 0 Å². The van der Waals surface area contributed by atoms with Crippen LogP contribution < -0.4 is 19.8 Å². The number of ether oxygens (including phenoxy) is 3. The number of methoxy groups -OCH3 is 2. The van der Waals surface area contributed by atoms with Crippen molar-refractivity contribution < 1.29 is 14.2 Å². The Labute approximate surface area is 154 Å². The van der Waals surface area contributed by atoms with Gasteiger partial charge in [0, 0.05) is 17.0 Å². The molecule has 7 heteroatoms. The molecular weight excluding hydrogens is 356 g/mol. The second-order valence-corrected chi connectivity index (χ2v) is 6.23. The third-order valence-corrected chi connectivity index (χ3v) is 4.47. The Balaban J connectivity index is 1.84. The summed E-state index contributed by atoms with van der Waals surface area (Å²) in [6.07, 6.45) is 0.406. The van der Waals surface area contributed by atoms with E-state index in [0.717, 1.165) is 5.56 Å². The van der Waals surface area contributed by atoms with E-state index in [1.807, 2.05) is 0 Å². The normalized spacial score (nSPS) is 12.0. The van der Waals surface area contributed by atoms with Crippen molar-refractivity contribution >= 4 is 11.6 Å². The number of H-pyrrole nitrogens is 1. The predicted molar refractivity (Wildman–Crippen MR) is 97.7 cm³/mol. The number of hydrogen-bond acceptors (Lipinski definition) is 5. The van der Waals surface area contributed by atoms with Gasteiger partial charge in [-0.1, -0.05) is 11.6 Å². The number of nitrogens with zero attached hydrogens (tertiary/aromatic N) is 1. The fourth-order valence-corrected chi connectivity index (χ4v) is 3.12. The van der Waals surface area contributed by atoms with Gasteiger partial charge in [-0.15, -0.1) is 0 Å². The van der Waals surface area contributed by atoms with Gasteiger partial charge in [0.25, 0.3) is 5.56 Å². The van der Waals surface area contributed by atoms with Crippen molar-refractivity contribution in [1.29, 1.82) is 0 Å². The third-order valence-electron chi connectivity index (χ3n) is 4.24. The van der Waals surface area contributed by atoms with Crippen LogP contribution in [0.1, 0.15) is 11.1 Å². The van der Waals surface area contributed by atoms with Gasteiger partial charge in [-0.2, -0.15) is 4.98 Å². The summed E-state index contributed by atoms with van der Waals surface area (Å²) < 4.78 is 16.5. The summed E-state index contributed by atoms with van der Waals surface area (Å²) in [4.78, 5) is 19.9. The van der Waals surface area contributed by atoms with Crippen LogP contribution in [-0.2, 0) is 6.42 Å². The maximum absolute atomic E-state index is 12.6. The minimum atomic E-state index is -0.263. The number of benzene rings is 2. The summed E-state index contributed by atoms with van der Waals surface area (Å²) in [7, 11) is 3.12. The Bertz CT molecular complexity index is 1060. The zero-order valence-electron chi connectivity index (χ0n) is 14.1. The topological polar surface area (TPSA) is 73.4 Å². The van der Waals surface area contributed by atoms with Crippen molar-refractivity contribution in [3.05, 3.63) is 62.9 Å². The number of rotatable bonds is 3. The Morgan fingerprint density at radius 2 is 2.00 bits per heavy atom. The molecule has 1 aliphatic rings. The molecule has 0 saturated carbocycles.